The van der Waals surface area contributed by atoms with Gasteiger partial charge in [-0.1, -0.05) is 56.6 Å². The minimum absolute atomic E-state index is 0.423. The number of phenols is 1. The summed E-state index contributed by atoms with van der Waals surface area (Å²) in [6.45, 7) is 6.93. The van der Waals surface area contributed by atoms with E-state index < -0.39 is 0 Å². The molecule has 2 nitrogen and oxygen atoms in total. The number of hydrogen-bond acceptors (Lipinski definition) is 2. The van der Waals surface area contributed by atoms with Crippen LogP contribution in [0.1, 0.15) is 22.3 Å². The molecule has 0 amide bonds. The number of aryl methyl sites for hydroxylation is 3. The molecule has 0 aliphatic rings. The standard InChI is InChI=1S/C22H24NOP/c1-15-9-10-20(25-21-13-16(2)11-17(3)22(21)24)18(12-15)14-23-19-7-5-4-6-8-19/h4-13,23-25H,14H2,1-3H3. The summed E-state index contributed by atoms with van der Waals surface area (Å²) in [5.74, 6) is 0.423. The van der Waals surface area contributed by atoms with Crippen molar-refractivity contribution in [3.63, 3.8) is 0 Å². The van der Waals surface area contributed by atoms with Crippen LogP contribution in [0, 0.1) is 20.8 Å². The predicted octanol–water partition coefficient (Wildman–Crippen LogP) is 4.56. The summed E-state index contributed by atoms with van der Waals surface area (Å²) in [4.78, 5) is 0. The van der Waals surface area contributed by atoms with Gasteiger partial charge in [0, 0.05) is 17.5 Å². The zero-order valence-corrected chi connectivity index (χ0v) is 15.9. The average molecular weight is 349 g/mol. The second-order valence-corrected chi connectivity index (χ2v) is 7.81. The molecule has 0 saturated heterocycles. The summed E-state index contributed by atoms with van der Waals surface area (Å²) in [7, 11) is 0.441. The number of benzene rings is 3. The minimum atomic E-state index is 0.423. The Morgan fingerprint density at radius 1 is 0.840 bits per heavy atom. The van der Waals surface area contributed by atoms with E-state index >= 15 is 0 Å². The van der Waals surface area contributed by atoms with Crippen LogP contribution < -0.4 is 15.9 Å². The number of aromatic hydroxyl groups is 1. The molecule has 3 heteroatoms. The van der Waals surface area contributed by atoms with Crippen molar-refractivity contribution in [3.05, 3.63) is 82.9 Å². The third-order valence-electron chi connectivity index (χ3n) is 4.23. The molecule has 25 heavy (non-hydrogen) atoms. The molecule has 0 aliphatic carbocycles. The zero-order chi connectivity index (χ0) is 17.8. The van der Waals surface area contributed by atoms with Crippen LogP contribution in [0.2, 0.25) is 0 Å². The van der Waals surface area contributed by atoms with Crippen LogP contribution in [-0.4, -0.2) is 5.11 Å². The van der Waals surface area contributed by atoms with E-state index in [0.717, 1.165) is 23.1 Å². The fraction of sp³-hybridized carbons (Fsp3) is 0.182. The first-order chi connectivity index (χ1) is 12.0. The maximum absolute atomic E-state index is 10.4. The molecule has 0 aliphatic heterocycles. The van der Waals surface area contributed by atoms with Crippen LogP contribution in [0.3, 0.4) is 0 Å². The highest BCUT2D eigenvalue weighted by molar-refractivity contribution is 7.55. The summed E-state index contributed by atoms with van der Waals surface area (Å²) >= 11 is 0. The average Bonchev–Trinajstić information content (AvgIpc) is 2.60. The molecular formula is C22H24NOP. The Balaban J connectivity index is 1.87. The highest BCUT2D eigenvalue weighted by Crippen LogP contribution is 2.25. The molecule has 0 heterocycles. The Labute approximate surface area is 151 Å². The van der Waals surface area contributed by atoms with Gasteiger partial charge in [-0.05, 0) is 61.0 Å². The van der Waals surface area contributed by atoms with E-state index in [4.69, 9.17) is 0 Å². The first-order valence-electron chi connectivity index (χ1n) is 8.48. The van der Waals surface area contributed by atoms with Crippen molar-refractivity contribution >= 4 is 24.9 Å². The van der Waals surface area contributed by atoms with Gasteiger partial charge in [0.05, 0.1) is 0 Å². The number of phenolic OH excluding ortho intramolecular Hbond substituents is 1. The molecule has 0 spiro atoms. The van der Waals surface area contributed by atoms with Gasteiger partial charge in [-0.3, -0.25) is 0 Å². The summed E-state index contributed by atoms with van der Waals surface area (Å²) in [6.07, 6.45) is 0. The lowest BCUT2D eigenvalue weighted by Crippen LogP contribution is -2.14. The van der Waals surface area contributed by atoms with Gasteiger partial charge in [0.2, 0.25) is 0 Å². The van der Waals surface area contributed by atoms with Gasteiger partial charge >= 0.3 is 0 Å². The Morgan fingerprint density at radius 2 is 1.60 bits per heavy atom. The van der Waals surface area contributed by atoms with E-state index in [2.05, 4.69) is 55.6 Å². The molecule has 0 fully saturated rings. The molecule has 0 aromatic heterocycles. The molecule has 1 unspecified atom stereocenters. The number of para-hydroxylation sites is 1. The largest absolute Gasteiger partial charge is 0.507 e. The lowest BCUT2D eigenvalue weighted by molar-refractivity contribution is 0.475. The molecule has 0 saturated carbocycles. The normalized spacial score (nSPS) is 11.2. The highest BCUT2D eigenvalue weighted by atomic mass is 31.1. The number of nitrogens with one attached hydrogen (secondary N) is 1. The van der Waals surface area contributed by atoms with E-state index in [1.807, 2.05) is 31.2 Å². The third-order valence-corrected chi connectivity index (χ3v) is 5.64. The predicted molar refractivity (Wildman–Crippen MR) is 110 cm³/mol. The molecule has 128 valence electrons. The van der Waals surface area contributed by atoms with Crippen LogP contribution in [0.4, 0.5) is 5.69 Å². The first-order valence-corrected chi connectivity index (χ1v) is 9.48. The van der Waals surface area contributed by atoms with E-state index in [1.165, 1.54) is 22.0 Å². The van der Waals surface area contributed by atoms with Crippen molar-refractivity contribution in [1.29, 1.82) is 0 Å². The maximum atomic E-state index is 10.4. The Hall–Kier alpha value is -2.31. The summed E-state index contributed by atoms with van der Waals surface area (Å²) in [5.41, 5.74) is 5.78. The van der Waals surface area contributed by atoms with Crippen LogP contribution in [-0.2, 0) is 6.54 Å². The quantitative estimate of drug-likeness (QED) is 0.662. The van der Waals surface area contributed by atoms with Crippen molar-refractivity contribution in [2.24, 2.45) is 0 Å². The van der Waals surface area contributed by atoms with Gasteiger partial charge in [-0.2, -0.15) is 0 Å². The second-order valence-electron chi connectivity index (χ2n) is 6.48. The lowest BCUT2D eigenvalue weighted by atomic mass is 10.1. The summed E-state index contributed by atoms with van der Waals surface area (Å²) in [5, 5.41) is 16.2. The molecule has 0 bridgehead atoms. The SMILES string of the molecule is Cc1ccc(Pc2cc(C)cc(C)c2O)c(CNc2ccccc2)c1. The zero-order valence-electron chi connectivity index (χ0n) is 14.9. The maximum Gasteiger partial charge on any atom is 0.126 e. The van der Waals surface area contributed by atoms with Crippen molar-refractivity contribution in [3.8, 4) is 5.75 Å². The van der Waals surface area contributed by atoms with Gasteiger partial charge in [0.25, 0.3) is 0 Å². The molecule has 3 rings (SSSR count). The van der Waals surface area contributed by atoms with Crippen LogP contribution in [0.5, 0.6) is 5.75 Å². The van der Waals surface area contributed by atoms with Crippen molar-refractivity contribution < 1.29 is 5.11 Å². The van der Waals surface area contributed by atoms with E-state index in [9.17, 15) is 5.11 Å². The molecule has 3 aromatic rings. The smallest absolute Gasteiger partial charge is 0.126 e. The van der Waals surface area contributed by atoms with E-state index in [0.29, 0.717) is 14.3 Å². The third kappa shape index (κ3) is 4.41. The monoisotopic (exact) mass is 349 g/mol. The van der Waals surface area contributed by atoms with Gasteiger partial charge in [0.1, 0.15) is 5.75 Å². The molecule has 0 radical (unpaired) electrons. The van der Waals surface area contributed by atoms with Crippen LogP contribution >= 0.6 is 8.58 Å². The van der Waals surface area contributed by atoms with E-state index in [1.54, 1.807) is 0 Å². The number of hydrogen-bond donors (Lipinski definition) is 2. The highest BCUT2D eigenvalue weighted by Gasteiger charge is 2.10. The Bertz CT molecular complexity index is 875. The van der Waals surface area contributed by atoms with Crippen LogP contribution in [0.15, 0.2) is 60.7 Å². The Morgan fingerprint density at radius 3 is 2.36 bits per heavy atom. The van der Waals surface area contributed by atoms with Gasteiger partial charge in [-0.25, -0.2) is 0 Å². The number of anilines is 1. The summed E-state index contributed by atoms with van der Waals surface area (Å²) in [6, 6.07) is 20.9. The van der Waals surface area contributed by atoms with Crippen LogP contribution in [0.25, 0.3) is 0 Å². The van der Waals surface area contributed by atoms with Gasteiger partial charge in [-0.15, -0.1) is 0 Å². The molecule has 2 N–H and O–H groups in total. The second kappa shape index (κ2) is 7.72. The number of rotatable bonds is 5. The fourth-order valence-electron chi connectivity index (χ4n) is 2.94. The van der Waals surface area contributed by atoms with Crippen molar-refractivity contribution in [1.82, 2.24) is 0 Å². The van der Waals surface area contributed by atoms with Gasteiger partial charge < -0.3 is 10.4 Å². The van der Waals surface area contributed by atoms with Gasteiger partial charge in [0.15, 0.2) is 0 Å². The van der Waals surface area contributed by atoms with E-state index in [-0.39, 0.29) is 0 Å². The first kappa shape index (κ1) is 17.5. The molecular weight excluding hydrogens is 325 g/mol. The molecule has 1 atom stereocenters. The lowest BCUT2D eigenvalue weighted by Gasteiger charge is -2.15. The fourth-order valence-corrected chi connectivity index (χ4v) is 4.34. The minimum Gasteiger partial charge on any atom is -0.507 e. The summed E-state index contributed by atoms with van der Waals surface area (Å²) < 4.78 is 0. The molecule has 3 aromatic carbocycles. The Kier molecular flexibility index (Phi) is 5.40. The topological polar surface area (TPSA) is 32.3 Å². The van der Waals surface area contributed by atoms with Crippen molar-refractivity contribution in [2.45, 2.75) is 27.3 Å². The van der Waals surface area contributed by atoms with Crippen molar-refractivity contribution in [2.75, 3.05) is 5.32 Å².